The molecule has 2 aromatic rings. The summed E-state index contributed by atoms with van der Waals surface area (Å²) in [6.45, 7) is 2.11. The minimum Gasteiger partial charge on any atom is -0.376 e. The number of amides is 2. The van der Waals surface area contributed by atoms with Gasteiger partial charge in [0.15, 0.2) is 0 Å². The predicted molar refractivity (Wildman–Crippen MR) is 105 cm³/mol. The summed E-state index contributed by atoms with van der Waals surface area (Å²) in [6, 6.07) is 13.3. The van der Waals surface area contributed by atoms with E-state index in [4.69, 9.17) is 0 Å². The zero-order chi connectivity index (χ0) is 18.4. The SMILES string of the molecule is Cc1ccc(NC(=O)CNc2ccccc2CC(=O)N(C)C)c(Br)c1. The topological polar surface area (TPSA) is 61.4 Å². The Hall–Kier alpha value is -2.34. The Morgan fingerprint density at radius 2 is 1.80 bits per heavy atom. The normalized spacial score (nSPS) is 10.2. The average molecular weight is 404 g/mol. The van der Waals surface area contributed by atoms with Crippen LogP contribution in [0.15, 0.2) is 46.9 Å². The van der Waals surface area contributed by atoms with E-state index in [9.17, 15) is 9.59 Å². The zero-order valence-electron chi connectivity index (χ0n) is 14.6. The van der Waals surface area contributed by atoms with Crippen LogP contribution < -0.4 is 10.6 Å². The van der Waals surface area contributed by atoms with E-state index in [0.717, 1.165) is 27.0 Å². The van der Waals surface area contributed by atoms with Crippen molar-refractivity contribution in [3.05, 3.63) is 58.1 Å². The summed E-state index contributed by atoms with van der Waals surface area (Å²) in [5.41, 5.74) is 3.50. The Morgan fingerprint density at radius 3 is 2.48 bits per heavy atom. The van der Waals surface area contributed by atoms with E-state index >= 15 is 0 Å². The van der Waals surface area contributed by atoms with Crippen molar-refractivity contribution in [2.75, 3.05) is 31.3 Å². The Bertz CT molecular complexity index is 775. The molecule has 0 unspecified atom stereocenters. The highest BCUT2D eigenvalue weighted by Crippen LogP contribution is 2.23. The van der Waals surface area contributed by atoms with Crippen LogP contribution in [0.5, 0.6) is 0 Å². The van der Waals surface area contributed by atoms with Crippen LogP contribution in [0.4, 0.5) is 11.4 Å². The molecule has 0 bridgehead atoms. The molecule has 2 rings (SSSR count). The monoisotopic (exact) mass is 403 g/mol. The van der Waals surface area contributed by atoms with Gasteiger partial charge in [0, 0.05) is 24.3 Å². The van der Waals surface area contributed by atoms with Gasteiger partial charge in [-0.3, -0.25) is 9.59 Å². The number of aryl methyl sites for hydroxylation is 1. The Balaban J connectivity index is 1.99. The summed E-state index contributed by atoms with van der Waals surface area (Å²) in [6.07, 6.45) is 0.293. The van der Waals surface area contributed by atoms with Gasteiger partial charge in [-0.2, -0.15) is 0 Å². The number of benzene rings is 2. The summed E-state index contributed by atoms with van der Waals surface area (Å²) < 4.78 is 0.845. The molecule has 0 aliphatic rings. The molecule has 132 valence electrons. The van der Waals surface area contributed by atoms with Crippen LogP contribution in [-0.4, -0.2) is 37.4 Å². The molecule has 5 nitrogen and oxygen atoms in total. The fourth-order valence-electron chi connectivity index (χ4n) is 2.26. The number of para-hydroxylation sites is 1. The van der Waals surface area contributed by atoms with Gasteiger partial charge in [-0.1, -0.05) is 24.3 Å². The molecule has 0 fully saturated rings. The van der Waals surface area contributed by atoms with Crippen LogP contribution >= 0.6 is 15.9 Å². The average Bonchev–Trinajstić information content (AvgIpc) is 2.56. The Kier molecular flexibility index (Phi) is 6.58. The molecule has 0 aliphatic heterocycles. The Morgan fingerprint density at radius 1 is 1.08 bits per heavy atom. The van der Waals surface area contributed by atoms with Crippen molar-refractivity contribution in [2.45, 2.75) is 13.3 Å². The number of nitrogens with zero attached hydrogens (tertiary/aromatic N) is 1. The molecular weight excluding hydrogens is 382 g/mol. The second-order valence-corrected chi connectivity index (χ2v) is 6.86. The standard InChI is InChI=1S/C19H22BrN3O2/c1-13-8-9-17(15(20)10-13)22-18(24)12-21-16-7-5-4-6-14(16)11-19(25)23(2)3/h4-10,21H,11-12H2,1-3H3,(H,22,24). The number of halogens is 1. The summed E-state index contributed by atoms with van der Waals surface area (Å²) in [4.78, 5) is 25.7. The van der Waals surface area contributed by atoms with Gasteiger partial charge >= 0.3 is 0 Å². The molecule has 2 amide bonds. The third-order valence-corrected chi connectivity index (χ3v) is 4.35. The van der Waals surface area contributed by atoms with E-state index in [0.29, 0.717) is 6.42 Å². The minimum atomic E-state index is -0.154. The Labute approximate surface area is 156 Å². The first-order valence-corrected chi connectivity index (χ1v) is 8.74. The third kappa shape index (κ3) is 5.60. The van der Waals surface area contributed by atoms with E-state index < -0.39 is 0 Å². The zero-order valence-corrected chi connectivity index (χ0v) is 16.2. The van der Waals surface area contributed by atoms with Crippen LogP contribution in [0, 0.1) is 6.92 Å². The van der Waals surface area contributed by atoms with Crippen molar-refractivity contribution in [1.29, 1.82) is 0 Å². The molecule has 0 atom stereocenters. The number of nitrogens with one attached hydrogen (secondary N) is 2. The van der Waals surface area contributed by atoms with Gasteiger partial charge in [0.25, 0.3) is 0 Å². The van der Waals surface area contributed by atoms with Crippen LogP contribution in [-0.2, 0) is 16.0 Å². The van der Waals surface area contributed by atoms with Crippen LogP contribution in [0.3, 0.4) is 0 Å². The third-order valence-electron chi connectivity index (χ3n) is 3.70. The smallest absolute Gasteiger partial charge is 0.243 e. The molecule has 0 aliphatic carbocycles. The van der Waals surface area contributed by atoms with Gasteiger partial charge in [-0.05, 0) is 52.2 Å². The number of carbonyl (C=O) groups excluding carboxylic acids is 2. The van der Waals surface area contributed by atoms with E-state index in [1.807, 2.05) is 49.4 Å². The first kappa shape index (κ1) is 19.0. The van der Waals surface area contributed by atoms with E-state index in [1.165, 1.54) is 0 Å². The summed E-state index contributed by atoms with van der Waals surface area (Å²) in [5, 5.41) is 5.97. The molecule has 0 heterocycles. The van der Waals surface area contributed by atoms with Gasteiger partial charge in [0.2, 0.25) is 11.8 Å². The molecule has 0 radical (unpaired) electrons. The van der Waals surface area contributed by atoms with Crippen molar-refractivity contribution in [3.63, 3.8) is 0 Å². The molecule has 0 spiro atoms. The summed E-state index contributed by atoms with van der Waals surface area (Å²) >= 11 is 3.45. The maximum absolute atomic E-state index is 12.2. The van der Waals surface area contributed by atoms with Crippen LogP contribution in [0.25, 0.3) is 0 Å². The number of anilines is 2. The number of hydrogen-bond acceptors (Lipinski definition) is 3. The lowest BCUT2D eigenvalue weighted by molar-refractivity contribution is -0.127. The van der Waals surface area contributed by atoms with Gasteiger partial charge < -0.3 is 15.5 Å². The lowest BCUT2D eigenvalue weighted by atomic mass is 10.1. The number of hydrogen-bond donors (Lipinski definition) is 2. The summed E-state index contributed by atoms with van der Waals surface area (Å²) in [7, 11) is 3.45. The quantitative estimate of drug-likeness (QED) is 0.776. The second-order valence-electron chi connectivity index (χ2n) is 6.01. The molecule has 25 heavy (non-hydrogen) atoms. The highest BCUT2D eigenvalue weighted by molar-refractivity contribution is 9.10. The maximum Gasteiger partial charge on any atom is 0.243 e. The maximum atomic E-state index is 12.2. The first-order chi connectivity index (χ1) is 11.9. The van der Waals surface area contributed by atoms with E-state index in [2.05, 4.69) is 26.6 Å². The van der Waals surface area contributed by atoms with Crippen molar-refractivity contribution < 1.29 is 9.59 Å². The second kappa shape index (κ2) is 8.67. The molecule has 0 saturated heterocycles. The van der Waals surface area contributed by atoms with Gasteiger partial charge in [0.1, 0.15) is 0 Å². The first-order valence-electron chi connectivity index (χ1n) is 7.94. The molecule has 0 aromatic heterocycles. The largest absolute Gasteiger partial charge is 0.376 e. The lowest BCUT2D eigenvalue weighted by Crippen LogP contribution is -2.25. The van der Waals surface area contributed by atoms with Crippen molar-refractivity contribution in [3.8, 4) is 0 Å². The van der Waals surface area contributed by atoms with Crippen molar-refractivity contribution in [2.24, 2.45) is 0 Å². The molecular formula is C19H22BrN3O2. The lowest BCUT2D eigenvalue weighted by Gasteiger charge is -2.15. The predicted octanol–water partition coefficient (Wildman–Crippen LogP) is 3.44. The van der Waals surface area contributed by atoms with Crippen LogP contribution in [0.2, 0.25) is 0 Å². The molecule has 0 saturated carbocycles. The van der Waals surface area contributed by atoms with E-state index in [-0.39, 0.29) is 18.4 Å². The molecule has 2 aromatic carbocycles. The van der Waals surface area contributed by atoms with Gasteiger partial charge in [-0.15, -0.1) is 0 Å². The van der Waals surface area contributed by atoms with Gasteiger partial charge in [-0.25, -0.2) is 0 Å². The highest BCUT2D eigenvalue weighted by atomic mass is 79.9. The van der Waals surface area contributed by atoms with Crippen molar-refractivity contribution >= 4 is 39.1 Å². The van der Waals surface area contributed by atoms with E-state index in [1.54, 1.807) is 19.0 Å². The number of rotatable bonds is 6. The fourth-order valence-corrected chi connectivity index (χ4v) is 2.85. The number of likely N-dealkylation sites (N-methyl/N-ethyl adjacent to an activating group) is 1. The van der Waals surface area contributed by atoms with Crippen LogP contribution in [0.1, 0.15) is 11.1 Å². The van der Waals surface area contributed by atoms with Crippen molar-refractivity contribution in [1.82, 2.24) is 4.90 Å². The fraction of sp³-hybridized carbons (Fsp3) is 0.263. The van der Waals surface area contributed by atoms with Gasteiger partial charge in [0.05, 0.1) is 18.7 Å². The highest BCUT2D eigenvalue weighted by Gasteiger charge is 2.11. The summed E-state index contributed by atoms with van der Waals surface area (Å²) in [5.74, 6) is -0.138. The molecule has 2 N–H and O–H groups in total. The molecule has 6 heteroatoms. The number of carbonyl (C=O) groups is 2. The minimum absolute atomic E-state index is 0.0160.